The molecule has 3 rings (SSSR count). The number of anilines is 1. The van der Waals surface area contributed by atoms with Crippen molar-refractivity contribution in [3.8, 4) is 0 Å². The fourth-order valence-corrected chi connectivity index (χ4v) is 3.59. The second-order valence-corrected chi connectivity index (χ2v) is 6.46. The number of hydrogen-bond donors (Lipinski definition) is 1. The van der Waals surface area contributed by atoms with Crippen LogP contribution < -0.4 is 10.2 Å². The molecule has 2 unspecified atom stereocenters. The van der Waals surface area contributed by atoms with Crippen LogP contribution in [-0.2, 0) is 6.54 Å². The van der Waals surface area contributed by atoms with Gasteiger partial charge in [-0.2, -0.15) is 0 Å². The minimum absolute atomic E-state index is 0.433. The molecule has 5 heteroatoms. The van der Waals surface area contributed by atoms with E-state index < -0.39 is 0 Å². The van der Waals surface area contributed by atoms with Crippen molar-refractivity contribution in [3.05, 3.63) is 5.89 Å². The lowest BCUT2D eigenvalue weighted by atomic mass is 9.78. The van der Waals surface area contributed by atoms with E-state index in [9.17, 15) is 0 Å². The maximum Gasteiger partial charge on any atom is 0.318 e. The standard InChI is InChI=1S/C15H26N4O/c1-11(2)16-10-14-17-18-15(20-14)19-9-5-7-12-6-3-4-8-13(12)19/h11-13,16H,3-10H2,1-2H3. The zero-order valence-electron chi connectivity index (χ0n) is 12.6. The molecule has 1 aromatic heterocycles. The second-order valence-electron chi connectivity index (χ2n) is 6.46. The molecule has 5 nitrogen and oxygen atoms in total. The Kier molecular flexibility index (Phi) is 4.24. The molecule has 1 aromatic rings. The summed E-state index contributed by atoms with van der Waals surface area (Å²) in [5, 5.41) is 11.8. The first-order valence-corrected chi connectivity index (χ1v) is 8.06. The smallest absolute Gasteiger partial charge is 0.318 e. The van der Waals surface area contributed by atoms with Gasteiger partial charge >= 0.3 is 6.01 Å². The SMILES string of the molecule is CC(C)NCc1nnc(N2CCCC3CCCCC32)o1. The number of piperidine rings is 1. The van der Waals surface area contributed by atoms with E-state index in [1.165, 1.54) is 38.5 Å². The lowest BCUT2D eigenvalue weighted by molar-refractivity contribution is 0.234. The van der Waals surface area contributed by atoms with Gasteiger partial charge < -0.3 is 14.6 Å². The van der Waals surface area contributed by atoms with Crippen LogP contribution in [0.2, 0.25) is 0 Å². The Balaban J connectivity index is 1.68. The van der Waals surface area contributed by atoms with Crippen LogP contribution >= 0.6 is 0 Å². The van der Waals surface area contributed by atoms with Crippen molar-refractivity contribution in [2.75, 3.05) is 11.4 Å². The summed E-state index contributed by atoms with van der Waals surface area (Å²) in [7, 11) is 0. The Morgan fingerprint density at radius 3 is 2.85 bits per heavy atom. The molecule has 0 radical (unpaired) electrons. The summed E-state index contributed by atoms with van der Waals surface area (Å²) >= 11 is 0. The number of nitrogens with zero attached hydrogens (tertiary/aromatic N) is 3. The van der Waals surface area contributed by atoms with Crippen molar-refractivity contribution >= 4 is 6.01 Å². The van der Waals surface area contributed by atoms with Crippen molar-refractivity contribution < 1.29 is 4.42 Å². The van der Waals surface area contributed by atoms with Crippen LogP contribution in [0.4, 0.5) is 6.01 Å². The first kappa shape index (κ1) is 13.9. The van der Waals surface area contributed by atoms with E-state index in [0.717, 1.165) is 18.5 Å². The summed E-state index contributed by atoms with van der Waals surface area (Å²) in [4.78, 5) is 2.37. The summed E-state index contributed by atoms with van der Waals surface area (Å²) in [5.74, 6) is 1.54. The summed E-state index contributed by atoms with van der Waals surface area (Å²) < 4.78 is 5.86. The molecule has 2 heterocycles. The summed E-state index contributed by atoms with van der Waals surface area (Å²) in [6.07, 6.45) is 8.01. The molecule has 1 aliphatic carbocycles. The van der Waals surface area contributed by atoms with Gasteiger partial charge in [-0.05, 0) is 31.6 Å². The van der Waals surface area contributed by atoms with Gasteiger partial charge in [-0.1, -0.05) is 31.8 Å². The highest BCUT2D eigenvalue weighted by molar-refractivity contribution is 5.28. The molecule has 2 fully saturated rings. The maximum atomic E-state index is 5.86. The Morgan fingerprint density at radius 2 is 2.00 bits per heavy atom. The zero-order chi connectivity index (χ0) is 13.9. The van der Waals surface area contributed by atoms with E-state index in [2.05, 4.69) is 34.3 Å². The monoisotopic (exact) mass is 278 g/mol. The number of nitrogens with one attached hydrogen (secondary N) is 1. The summed E-state index contributed by atoms with van der Waals surface area (Å²) in [6, 6.07) is 1.80. The third kappa shape index (κ3) is 2.97. The molecular weight excluding hydrogens is 252 g/mol. The van der Waals surface area contributed by atoms with Crippen molar-refractivity contribution in [1.82, 2.24) is 15.5 Å². The van der Waals surface area contributed by atoms with Gasteiger partial charge in [0.2, 0.25) is 5.89 Å². The summed E-state index contributed by atoms with van der Waals surface area (Å²) in [6.45, 7) is 5.97. The minimum Gasteiger partial charge on any atom is -0.407 e. The largest absolute Gasteiger partial charge is 0.407 e. The fourth-order valence-electron chi connectivity index (χ4n) is 3.59. The predicted molar refractivity (Wildman–Crippen MR) is 78.6 cm³/mol. The highest BCUT2D eigenvalue weighted by Crippen LogP contribution is 2.37. The molecule has 2 atom stereocenters. The number of aromatic nitrogens is 2. The average Bonchev–Trinajstić information content (AvgIpc) is 2.93. The molecule has 1 aliphatic heterocycles. The maximum absolute atomic E-state index is 5.86. The fraction of sp³-hybridized carbons (Fsp3) is 0.867. The van der Waals surface area contributed by atoms with Gasteiger partial charge in [0.1, 0.15) is 0 Å². The Morgan fingerprint density at radius 1 is 1.20 bits per heavy atom. The first-order valence-electron chi connectivity index (χ1n) is 8.06. The van der Waals surface area contributed by atoms with Crippen LogP contribution in [0.1, 0.15) is 58.3 Å². The molecule has 0 bridgehead atoms. The van der Waals surface area contributed by atoms with Crippen LogP contribution in [0, 0.1) is 5.92 Å². The Labute approximate surface area is 121 Å². The topological polar surface area (TPSA) is 54.2 Å². The molecule has 1 saturated carbocycles. The number of fused-ring (bicyclic) bond motifs is 1. The van der Waals surface area contributed by atoms with E-state index in [4.69, 9.17) is 4.42 Å². The molecule has 1 saturated heterocycles. The van der Waals surface area contributed by atoms with E-state index >= 15 is 0 Å². The molecule has 112 valence electrons. The van der Waals surface area contributed by atoms with Gasteiger partial charge in [0.05, 0.1) is 6.54 Å². The molecule has 0 aromatic carbocycles. The van der Waals surface area contributed by atoms with Gasteiger partial charge in [-0.3, -0.25) is 0 Å². The third-order valence-corrected chi connectivity index (χ3v) is 4.61. The predicted octanol–water partition coefficient (Wildman–Crippen LogP) is 2.73. The van der Waals surface area contributed by atoms with Crippen LogP contribution in [0.25, 0.3) is 0 Å². The van der Waals surface area contributed by atoms with Crippen LogP contribution in [0.3, 0.4) is 0 Å². The van der Waals surface area contributed by atoms with Crippen LogP contribution in [0.15, 0.2) is 4.42 Å². The van der Waals surface area contributed by atoms with Crippen molar-refractivity contribution in [2.24, 2.45) is 5.92 Å². The zero-order valence-corrected chi connectivity index (χ0v) is 12.6. The highest BCUT2D eigenvalue weighted by Gasteiger charge is 2.35. The lowest BCUT2D eigenvalue weighted by Crippen LogP contribution is -2.47. The van der Waals surface area contributed by atoms with E-state index in [-0.39, 0.29) is 0 Å². The van der Waals surface area contributed by atoms with Crippen molar-refractivity contribution in [3.63, 3.8) is 0 Å². The average molecular weight is 278 g/mol. The molecule has 2 aliphatic rings. The van der Waals surface area contributed by atoms with Gasteiger partial charge in [0.15, 0.2) is 0 Å². The minimum atomic E-state index is 0.433. The second kappa shape index (κ2) is 6.12. The number of rotatable bonds is 4. The lowest BCUT2D eigenvalue weighted by Gasteiger charge is -2.43. The molecule has 0 spiro atoms. The third-order valence-electron chi connectivity index (χ3n) is 4.61. The molecular formula is C15H26N4O. The summed E-state index contributed by atoms with van der Waals surface area (Å²) in [5.41, 5.74) is 0. The van der Waals surface area contributed by atoms with Gasteiger partial charge in [0, 0.05) is 18.6 Å². The van der Waals surface area contributed by atoms with E-state index in [0.29, 0.717) is 24.5 Å². The van der Waals surface area contributed by atoms with Gasteiger partial charge in [0.25, 0.3) is 0 Å². The van der Waals surface area contributed by atoms with E-state index in [1.54, 1.807) is 0 Å². The quantitative estimate of drug-likeness (QED) is 0.917. The van der Waals surface area contributed by atoms with E-state index in [1.807, 2.05) is 0 Å². The van der Waals surface area contributed by atoms with Crippen molar-refractivity contribution in [2.45, 2.75) is 71.0 Å². The molecule has 1 N–H and O–H groups in total. The van der Waals surface area contributed by atoms with Crippen LogP contribution in [0.5, 0.6) is 0 Å². The molecule has 20 heavy (non-hydrogen) atoms. The highest BCUT2D eigenvalue weighted by atomic mass is 16.4. The Hall–Kier alpha value is -1.10. The molecule has 0 amide bonds. The normalized spacial score (nSPS) is 26.9. The number of hydrogen-bond acceptors (Lipinski definition) is 5. The van der Waals surface area contributed by atoms with Crippen molar-refractivity contribution in [1.29, 1.82) is 0 Å². The Bertz CT molecular complexity index is 429. The first-order chi connectivity index (χ1) is 9.74. The van der Waals surface area contributed by atoms with Crippen LogP contribution in [-0.4, -0.2) is 28.8 Å². The van der Waals surface area contributed by atoms with Gasteiger partial charge in [-0.15, -0.1) is 5.10 Å². The van der Waals surface area contributed by atoms with Gasteiger partial charge in [-0.25, -0.2) is 0 Å².